The SMILES string of the molecule is CN(CCCC(=O)c1cccs1)CC1CCC1. The highest BCUT2D eigenvalue weighted by Gasteiger charge is 2.18. The number of rotatable bonds is 7. The van der Waals surface area contributed by atoms with Crippen molar-refractivity contribution >= 4 is 17.1 Å². The van der Waals surface area contributed by atoms with Crippen LogP contribution in [0.5, 0.6) is 0 Å². The van der Waals surface area contributed by atoms with E-state index in [1.165, 1.54) is 25.8 Å². The minimum Gasteiger partial charge on any atom is -0.306 e. The van der Waals surface area contributed by atoms with E-state index in [4.69, 9.17) is 0 Å². The van der Waals surface area contributed by atoms with E-state index in [1.807, 2.05) is 17.5 Å². The molecule has 0 saturated heterocycles. The van der Waals surface area contributed by atoms with E-state index < -0.39 is 0 Å². The van der Waals surface area contributed by atoms with Gasteiger partial charge in [0.25, 0.3) is 0 Å². The van der Waals surface area contributed by atoms with Crippen LogP contribution in [-0.4, -0.2) is 30.8 Å². The zero-order chi connectivity index (χ0) is 12.1. The average Bonchev–Trinajstić information content (AvgIpc) is 2.76. The van der Waals surface area contributed by atoms with Gasteiger partial charge in [0.1, 0.15) is 0 Å². The maximum absolute atomic E-state index is 11.8. The van der Waals surface area contributed by atoms with Crippen LogP contribution in [0.3, 0.4) is 0 Å². The third kappa shape index (κ3) is 3.93. The first kappa shape index (κ1) is 12.8. The van der Waals surface area contributed by atoms with Crippen molar-refractivity contribution in [2.24, 2.45) is 5.92 Å². The van der Waals surface area contributed by atoms with Gasteiger partial charge in [0.05, 0.1) is 4.88 Å². The molecule has 0 bridgehead atoms. The molecule has 0 atom stereocenters. The summed E-state index contributed by atoms with van der Waals surface area (Å²) in [6, 6.07) is 3.87. The van der Waals surface area contributed by atoms with Crippen molar-refractivity contribution in [2.45, 2.75) is 32.1 Å². The van der Waals surface area contributed by atoms with Gasteiger partial charge in [-0.1, -0.05) is 12.5 Å². The van der Waals surface area contributed by atoms with Gasteiger partial charge in [0.15, 0.2) is 5.78 Å². The van der Waals surface area contributed by atoms with Crippen molar-refractivity contribution in [1.82, 2.24) is 4.90 Å². The van der Waals surface area contributed by atoms with Crippen LogP contribution in [0.4, 0.5) is 0 Å². The first-order valence-corrected chi connectivity index (χ1v) is 7.39. The summed E-state index contributed by atoms with van der Waals surface area (Å²) in [5.41, 5.74) is 0. The molecule has 1 saturated carbocycles. The standard InChI is InChI=1S/C14H21NOS/c1-15(11-12-5-2-6-12)9-3-7-13(16)14-8-4-10-17-14/h4,8,10,12H,2-3,5-7,9,11H2,1H3. The lowest BCUT2D eigenvalue weighted by Gasteiger charge is -2.30. The molecule has 1 heterocycles. The molecule has 0 spiro atoms. The third-order valence-corrected chi connectivity index (χ3v) is 4.45. The van der Waals surface area contributed by atoms with Crippen LogP contribution in [0.15, 0.2) is 17.5 Å². The van der Waals surface area contributed by atoms with E-state index in [2.05, 4.69) is 11.9 Å². The summed E-state index contributed by atoms with van der Waals surface area (Å²) in [5.74, 6) is 1.23. The van der Waals surface area contributed by atoms with E-state index >= 15 is 0 Å². The van der Waals surface area contributed by atoms with Gasteiger partial charge in [0.2, 0.25) is 0 Å². The van der Waals surface area contributed by atoms with E-state index in [0.717, 1.165) is 23.8 Å². The van der Waals surface area contributed by atoms with E-state index in [-0.39, 0.29) is 0 Å². The summed E-state index contributed by atoms with van der Waals surface area (Å²) in [5, 5.41) is 1.97. The zero-order valence-electron chi connectivity index (χ0n) is 10.5. The van der Waals surface area contributed by atoms with Gasteiger partial charge in [-0.2, -0.15) is 0 Å². The van der Waals surface area contributed by atoms with Crippen LogP contribution in [0.25, 0.3) is 0 Å². The predicted octanol–water partition coefficient (Wildman–Crippen LogP) is 3.44. The molecule has 1 aliphatic rings. The number of hydrogen-bond donors (Lipinski definition) is 0. The summed E-state index contributed by atoms with van der Waals surface area (Å²) in [6.07, 6.45) is 5.89. The zero-order valence-corrected chi connectivity index (χ0v) is 11.3. The Hall–Kier alpha value is -0.670. The summed E-state index contributed by atoms with van der Waals surface area (Å²) in [6.45, 7) is 2.26. The molecule has 0 amide bonds. The fourth-order valence-corrected chi connectivity index (χ4v) is 2.97. The van der Waals surface area contributed by atoms with E-state index in [9.17, 15) is 4.79 Å². The Morgan fingerprint density at radius 2 is 2.35 bits per heavy atom. The van der Waals surface area contributed by atoms with Crippen molar-refractivity contribution in [3.8, 4) is 0 Å². The van der Waals surface area contributed by atoms with Gasteiger partial charge in [0, 0.05) is 13.0 Å². The molecule has 1 aromatic heterocycles. The van der Waals surface area contributed by atoms with Gasteiger partial charge in [-0.15, -0.1) is 11.3 Å². The Morgan fingerprint density at radius 3 is 2.94 bits per heavy atom. The number of carbonyl (C=O) groups is 1. The molecule has 0 aromatic carbocycles. The smallest absolute Gasteiger partial charge is 0.172 e. The molecule has 2 rings (SSSR count). The van der Waals surface area contributed by atoms with Crippen LogP contribution < -0.4 is 0 Å². The predicted molar refractivity (Wildman–Crippen MR) is 72.7 cm³/mol. The molecule has 3 heteroatoms. The minimum absolute atomic E-state index is 0.303. The Kier molecular flexibility index (Phi) is 4.75. The highest BCUT2D eigenvalue weighted by Crippen LogP contribution is 2.26. The van der Waals surface area contributed by atoms with Gasteiger partial charge in [-0.05, 0) is 50.2 Å². The van der Waals surface area contributed by atoms with E-state index in [1.54, 1.807) is 11.3 Å². The average molecular weight is 251 g/mol. The van der Waals surface area contributed by atoms with Crippen molar-refractivity contribution < 1.29 is 4.79 Å². The van der Waals surface area contributed by atoms with Crippen molar-refractivity contribution in [1.29, 1.82) is 0 Å². The second-order valence-corrected chi connectivity index (χ2v) is 6.01. The number of hydrogen-bond acceptors (Lipinski definition) is 3. The Balaban J connectivity index is 1.60. The lowest BCUT2D eigenvalue weighted by atomic mass is 9.85. The Bertz CT molecular complexity index is 343. The Morgan fingerprint density at radius 1 is 1.53 bits per heavy atom. The second kappa shape index (κ2) is 6.31. The van der Waals surface area contributed by atoms with Crippen molar-refractivity contribution in [2.75, 3.05) is 20.1 Å². The van der Waals surface area contributed by atoms with Crippen LogP contribution in [0.2, 0.25) is 0 Å². The molecule has 0 radical (unpaired) electrons. The highest BCUT2D eigenvalue weighted by atomic mass is 32.1. The van der Waals surface area contributed by atoms with Crippen LogP contribution >= 0.6 is 11.3 Å². The van der Waals surface area contributed by atoms with Crippen LogP contribution in [-0.2, 0) is 0 Å². The van der Waals surface area contributed by atoms with Crippen LogP contribution in [0, 0.1) is 5.92 Å². The van der Waals surface area contributed by atoms with Gasteiger partial charge >= 0.3 is 0 Å². The fraction of sp³-hybridized carbons (Fsp3) is 0.643. The molecule has 0 aliphatic heterocycles. The lowest BCUT2D eigenvalue weighted by Crippen LogP contribution is -2.30. The Labute approximate surface area is 108 Å². The molecule has 1 aliphatic carbocycles. The van der Waals surface area contributed by atoms with Crippen LogP contribution in [0.1, 0.15) is 41.8 Å². The first-order chi connectivity index (χ1) is 8.25. The summed E-state index contributed by atoms with van der Waals surface area (Å²) >= 11 is 1.55. The largest absolute Gasteiger partial charge is 0.306 e. The molecule has 17 heavy (non-hydrogen) atoms. The molecule has 0 N–H and O–H groups in total. The number of thiophene rings is 1. The maximum Gasteiger partial charge on any atom is 0.172 e. The topological polar surface area (TPSA) is 20.3 Å². The molecule has 0 unspecified atom stereocenters. The van der Waals surface area contributed by atoms with E-state index in [0.29, 0.717) is 12.2 Å². The molecule has 1 aromatic rings. The molecule has 1 fully saturated rings. The number of carbonyl (C=O) groups excluding carboxylic acids is 1. The second-order valence-electron chi connectivity index (χ2n) is 5.06. The minimum atomic E-state index is 0.303. The van der Waals surface area contributed by atoms with Gasteiger partial charge in [-0.25, -0.2) is 0 Å². The maximum atomic E-state index is 11.8. The summed E-state index contributed by atoms with van der Waals surface area (Å²) in [7, 11) is 2.17. The number of Topliss-reactive ketones (excluding diaryl/α,β-unsaturated/α-hetero) is 1. The molecule has 94 valence electrons. The highest BCUT2D eigenvalue weighted by molar-refractivity contribution is 7.12. The summed E-state index contributed by atoms with van der Waals surface area (Å²) < 4.78 is 0. The fourth-order valence-electron chi connectivity index (χ4n) is 2.28. The molecular formula is C14H21NOS. The molecule has 2 nitrogen and oxygen atoms in total. The summed E-state index contributed by atoms with van der Waals surface area (Å²) in [4.78, 5) is 15.1. The van der Waals surface area contributed by atoms with Crippen molar-refractivity contribution in [3.05, 3.63) is 22.4 Å². The lowest BCUT2D eigenvalue weighted by molar-refractivity contribution is 0.0978. The first-order valence-electron chi connectivity index (χ1n) is 6.51. The van der Waals surface area contributed by atoms with Gasteiger partial charge < -0.3 is 4.90 Å². The molecular weight excluding hydrogens is 230 g/mol. The van der Waals surface area contributed by atoms with Gasteiger partial charge in [-0.3, -0.25) is 4.79 Å². The number of ketones is 1. The quantitative estimate of drug-likeness (QED) is 0.692. The third-order valence-electron chi connectivity index (χ3n) is 3.53. The van der Waals surface area contributed by atoms with Crippen molar-refractivity contribution in [3.63, 3.8) is 0 Å². The number of nitrogens with zero attached hydrogens (tertiary/aromatic N) is 1. The monoisotopic (exact) mass is 251 g/mol. The normalized spacial score (nSPS) is 16.1.